The Bertz CT molecular complexity index is 2480. The molecule has 5 atom stereocenters. The van der Waals surface area contributed by atoms with Crippen molar-refractivity contribution in [2.24, 2.45) is 17.8 Å². The van der Waals surface area contributed by atoms with E-state index in [9.17, 15) is 0 Å². The largest absolute Gasteiger partial charge is 0.310 e. The van der Waals surface area contributed by atoms with Crippen molar-refractivity contribution in [3.63, 3.8) is 0 Å². The van der Waals surface area contributed by atoms with Crippen LogP contribution in [-0.2, 0) is 10.8 Å². The summed E-state index contributed by atoms with van der Waals surface area (Å²) in [5, 5.41) is 0. The molecule has 1 spiro atoms. The van der Waals surface area contributed by atoms with Crippen LogP contribution < -0.4 is 4.90 Å². The van der Waals surface area contributed by atoms with Gasteiger partial charge in [-0.05, 0) is 150 Å². The number of allylic oxidation sites excluding steroid dienone is 14. The van der Waals surface area contributed by atoms with E-state index in [2.05, 4.69) is 185 Å². The van der Waals surface area contributed by atoms with Crippen LogP contribution in [0.5, 0.6) is 0 Å². The second-order valence-electron chi connectivity index (χ2n) is 16.9. The van der Waals surface area contributed by atoms with Crippen molar-refractivity contribution in [1.82, 2.24) is 0 Å². The molecule has 0 fully saturated rings. The Kier molecular flexibility index (Phi) is 8.51. The average Bonchev–Trinajstić information content (AvgIpc) is 3.74. The van der Waals surface area contributed by atoms with Gasteiger partial charge in [-0.25, -0.2) is 0 Å². The van der Waals surface area contributed by atoms with Crippen molar-refractivity contribution in [3.05, 3.63) is 190 Å². The molecule has 0 bridgehead atoms. The second-order valence-corrected chi connectivity index (χ2v) is 16.9. The molecule has 5 aliphatic rings. The van der Waals surface area contributed by atoms with E-state index in [1.165, 1.54) is 73.5 Å². The Morgan fingerprint density at radius 2 is 1.49 bits per heavy atom. The predicted molar refractivity (Wildman–Crippen MR) is 234 cm³/mol. The molecular weight excluding hydrogens is 663 g/mol. The fraction of sp³-hybridized carbons (Fsp3) is 0.259. The lowest BCUT2D eigenvalue weighted by atomic mass is 9.64. The average molecular weight is 714 g/mol. The highest BCUT2D eigenvalue weighted by Gasteiger charge is 2.57. The van der Waals surface area contributed by atoms with Crippen molar-refractivity contribution in [1.29, 1.82) is 0 Å². The van der Waals surface area contributed by atoms with Crippen molar-refractivity contribution in [3.8, 4) is 23.5 Å². The zero-order chi connectivity index (χ0) is 38.1. The van der Waals surface area contributed by atoms with Gasteiger partial charge in [0.1, 0.15) is 0 Å². The first-order valence-corrected chi connectivity index (χ1v) is 20.2. The maximum atomic E-state index is 5.64. The summed E-state index contributed by atoms with van der Waals surface area (Å²) in [5.74, 6) is 4.51. The Labute approximate surface area is 328 Å². The molecule has 4 aromatic rings. The van der Waals surface area contributed by atoms with E-state index in [1.54, 1.807) is 0 Å². The van der Waals surface area contributed by atoms with Crippen LogP contribution in [0, 0.1) is 30.1 Å². The maximum Gasteiger partial charge on any atom is 0.0535 e. The first-order valence-electron chi connectivity index (χ1n) is 20.2. The van der Waals surface area contributed by atoms with Gasteiger partial charge in [0.05, 0.1) is 5.41 Å². The number of rotatable bonds is 6. The zero-order valence-electron chi connectivity index (χ0n) is 33.1. The first-order chi connectivity index (χ1) is 26.7. The highest BCUT2D eigenvalue weighted by molar-refractivity contribution is 5.89. The Morgan fingerprint density at radius 1 is 0.782 bits per heavy atom. The fourth-order valence-electron chi connectivity index (χ4n) is 11.0. The summed E-state index contributed by atoms with van der Waals surface area (Å²) in [6.07, 6.45) is 31.1. The van der Waals surface area contributed by atoms with Crippen molar-refractivity contribution in [2.75, 3.05) is 4.90 Å². The molecule has 5 unspecified atom stereocenters. The van der Waals surface area contributed by atoms with Gasteiger partial charge in [0.15, 0.2) is 0 Å². The molecule has 0 N–H and O–H groups in total. The summed E-state index contributed by atoms with van der Waals surface area (Å²) in [4.78, 5) is 2.51. The first kappa shape index (κ1) is 35.1. The van der Waals surface area contributed by atoms with Gasteiger partial charge < -0.3 is 4.90 Å². The lowest BCUT2D eigenvalue weighted by molar-refractivity contribution is 0.347. The SMILES string of the molecule is C#C/C(C)=C\C=C(/C)c1ccc(N(c2ccc3c(c2)C(C)(C)C2C=CCCC32)c2ccc3c(c2)C2(C(/C=C\C)=C(C)C4C=CC=CC42)c2ccccc2-3)cc1. The molecule has 0 saturated heterocycles. The van der Waals surface area contributed by atoms with E-state index < -0.39 is 0 Å². The molecule has 0 heterocycles. The zero-order valence-corrected chi connectivity index (χ0v) is 33.1. The number of nitrogens with zero attached hydrogens (tertiary/aromatic N) is 1. The Morgan fingerprint density at radius 3 is 2.27 bits per heavy atom. The van der Waals surface area contributed by atoms with Crippen LogP contribution in [0.25, 0.3) is 16.7 Å². The topological polar surface area (TPSA) is 3.24 Å². The summed E-state index contributed by atoms with van der Waals surface area (Å²) < 4.78 is 0. The van der Waals surface area contributed by atoms with E-state index in [4.69, 9.17) is 6.42 Å². The van der Waals surface area contributed by atoms with Crippen LogP contribution in [0.4, 0.5) is 17.1 Å². The van der Waals surface area contributed by atoms with Gasteiger partial charge in [-0.15, -0.1) is 6.42 Å². The van der Waals surface area contributed by atoms with E-state index >= 15 is 0 Å². The number of benzene rings is 4. The van der Waals surface area contributed by atoms with Gasteiger partial charge in [0, 0.05) is 28.9 Å². The second kappa shape index (κ2) is 13.3. The van der Waals surface area contributed by atoms with Crippen molar-refractivity contribution >= 4 is 22.6 Å². The molecular formula is C54H51N. The van der Waals surface area contributed by atoms with Gasteiger partial charge in [0.2, 0.25) is 0 Å². The van der Waals surface area contributed by atoms with Crippen molar-refractivity contribution < 1.29 is 0 Å². The minimum Gasteiger partial charge on any atom is -0.310 e. The monoisotopic (exact) mass is 713 g/mol. The summed E-state index contributed by atoms with van der Waals surface area (Å²) in [6.45, 7) is 13.6. The van der Waals surface area contributed by atoms with Crippen LogP contribution in [0.3, 0.4) is 0 Å². The van der Waals surface area contributed by atoms with Gasteiger partial charge in [-0.3, -0.25) is 0 Å². The normalized spacial score (nSPS) is 25.5. The van der Waals surface area contributed by atoms with E-state index in [-0.39, 0.29) is 10.8 Å². The van der Waals surface area contributed by atoms with Gasteiger partial charge >= 0.3 is 0 Å². The van der Waals surface area contributed by atoms with Crippen molar-refractivity contribution in [2.45, 2.75) is 71.1 Å². The van der Waals surface area contributed by atoms with Crippen LogP contribution in [0.15, 0.2) is 162 Å². The number of hydrogen-bond acceptors (Lipinski definition) is 1. The lowest BCUT2D eigenvalue weighted by Crippen LogP contribution is -2.34. The highest BCUT2D eigenvalue weighted by Crippen LogP contribution is 2.65. The molecule has 9 rings (SSSR count). The maximum absolute atomic E-state index is 5.64. The van der Waals surface area contributed by atoms with E-state index in [1.807, 2.05) is 13.0 Å². The number of hydrogen-bond donors (Lipinski definition) is 0. The van der Waals surface area contributed by atoms with Crippen LogP contribution in [-0.4, -0.2) is 0 Å². The van der Waals surface area contributed by atoms with E-state index in [0.29, 0.717) is 23.7 Å². The number of anilines is 3. The van der Waals surface area contributed by atoms with E-state index in [0.717, 1.165) is 17.7 Å². The standard InChI is InChI=1S/C54H51N/c1-8-16-47-37(5)42-17-10-14-21-49(42)54(47)50-22-15-12-19-44(50)46-32-30-41(34-52(46)54)55(39-27-25-38(26-28-39)36(4)24-23-35(3)9-2)40-29-31-45-43-18-11-13-20-48(43)53(6,7)51(45)33-40/h2,8,10,12-17,19-34,42-43,48-49H,11,18H2,1,3-7H3/b16-8-,35-23-,36-24+. The summed E-state index contributed by atoms with van der Waals surface area (Å²) >= 11 is 0. The number of fused-ring (bicyclic) bond motifs is 10. The molecule has 0 radical (unpaired) electrons. The summed E-state index contributed by atoms with van der Waals surface area (Å²) in [5.41, 5.74) is 18.0. The quantitative estimate of drug-likeness (QED) is 0.109. The lowest BCUT2D eigenvalue weighted by Gasteiger charge is -2.38. The third-order valence-electron chi connectivity index (χ3n) is 13.7. The van der Waals surface area contributed by atoms with Crippen LogP contribution in [0.1, 0.15) is 88.1 Å². The molecule has 1 heteroatoms. The summed E-state index contributed by atoms with van der Waals surface area (Å²) in [7, 11) is 0. The molecule has 55 heavy (non-hydrogen) atoms. The molecule has 0 saturated carbocycles. The third kappa shape index (κ3) is 5.22. The molecule has 272 valence electrons. The highest BCUT2D eigenvalue weighted by atomic mass is 15.1. The van der Waals surface area contributed by atoms with Crippen LogP contribution >= 0.6 is 0 Å². The molecule has 5 aliphatic carbocycles. The number of terminal acetylenes is 1. The Balaban J connectivity index is 1.25. The predicted octanol–water partition coefficient (Wildman–Crippen LogP) is 14.0. The minimum absolute atomic E-state index is 0.0570. The molecule has 1 nitrogen and oxygen atoms in total. The van der Waals surface area contributed by atoms with Gasteiger partial charge in [0.25, 0.3) is 0 Å². The minimum atomic E-state index is -0.284. The molecule has 0 amide bonds. The molecule has 0 aromatic heterocycles. The molecule has 0 aliphatic heterocycles. The Hall–Kier alpha value is -5.58. The summed E-state index contributed by atoms with van der Waals surface area (Å²) in [6, 6.07) is 32.9. The third-order valence-corrected chi connectivity index (χ3v) is 13.7. The van der Waals surface area contributed by atoms with Gasteiger partial charge in [-0.1, -0.05) is 135 Å². The van der Waals surface area contributed by atoms with Gasteiger partial charge in [-0.2, -0.15) is 0 Å². The smallest absolute Gasteiger partial charge is 0.0535 e. The molecule has 4 aromatic carbocycles. The van der Waals surface area contributed by atoms with Crippen LogP contribution in [0.2, 0.25) is 0 Å². The fourth-order valence-corrected chi connectivity index (χ4v) is 11.0.